The van der Waals surface area contributed by atoms with Gasteiger partial charge in [-0.3, -0.25) is 0 Å². The summed E-state index contributed by atoms with van der Waals surface area (Å²) in [5.74, 6) is 0. The summed E-state index contributed by atoms with van der Waals surface area (Å²) in [5.41, 5.74) is 12.8. The van der Waals surface area contributed by atoms with E-state index < -0.39 is 0 Å². The van der Waals surface area contributed by atoms with E-state index in [1.54, 1.807) is 0 Å². The second-order valence-corrected chi connectivity index (χ2v) is 14.0. The number of hydrogen-bond acceptors (Lipinski definition) is 1. The first-order valence-corrected chi connectivity index (χ1v) is 18.3. The predicted molar refractivity (Wildman–Crippen MR) is 226 cm³/mol. The number of benzene rings is 8. The summed E-state index contributed by atoms with van der Waals surface area (Å²) < 4.78 is 6.96. The van der Waals surface area contributed by atoms with Crippen LogP contribution in [0.2, 0.25) is 0 Å². The lowest BCUT2D eigenvalue weighted by molar-refractivity contribution is 1.13. The van der Waals surface area contributed by atoms with Gasteiger partial charge in [0.15, 0.2) is 5.69 Å². The Balaban J connectivity index is 1.13. The molecular weight excluding hydrogens is 671 g/mol. The summed E-state index contributed by atoms with van der Waals surface area (Å²) in [4.78, 5) is 3.91. The summed E-state index contributed by atoms with van der Waals surface area (Å²) >= 11 is 0. The molecule has 0 fully saturated rings. The molecule has 11 aromatic rings. The highest BCUT2D eigenvalue weighted by atomic mass is 15.1. The minimum atomic E-state index is 0.588. The van der Waals surface area contributed by atoms with Gasteiger partial charge in [0.05, 0.1) is 57.0 Å². The molecule has 0 saturated carbocycles. The summed E-state index contributed by atoms with van der Waals surface area (Å²) in [6.07, 6.45) is 0. The molecule has 0 radical (unpaired) electrons. The fourth-order valence-electron chi connectivity index (χ4n) is 8.71. The van der Waals surface area contributed by atoms with Crippen LogP contribution in [0.4, 0.5) is 5.69 Å². The summed E-state index contributed by atoms with van der Waals surface area (Å²) in [5, 5.41) is 16.8. The second-order valence-electron chi connectivity index (χ2n) is 14.0. The molecule has 254 valence electrons. The van der Waals surface area contributed by atoms with Gasteiger partial charge >= 0.3 is 0 Å². The van der Waals surface area contributed by atoms with Gasteiger partial charge in [0.1, 0.15) is 0 Å². The number of aromatic nitrogens is 3. The van der Waals surface area contributed by atoms with Crippen LogP contribution < -0.4 is 0 Å². The average Bonchev–Trinajstić information content (AvgIpc) is 3.89. The Morgan fingerprint density at radius 2 is 0.964 bits per heavy atom. The van der Waals surface area contributed by atoms with Crippen LogP contribution in [0.25, 0.3) is 98.5 Å². The number of rotatable bonds is 4. The van der Waals surface area contributed by atoms with Gasteiger partial charge in [-0.2, -0.15) is 5.26 Å². The zero-order valence-corrected chi connectivity index (χ0v) is 29.5. The monoisotopic (exact) mass is 699 g/mol. The van der Waals surface area contributed by atoms with E-state index in [1.165, 1.54) is 21.5 Å². The zero-order chi connectivity index (χ0) is 36.6. The van der Waals surface area contributed by atoms with Crippen LogP contribution in [0.1, 0.15) is 5.56 Å². The first-order valence-electron chi connectivity index (χ1n) is 18.3. The van der Waals surface area contributed by atoms with E-state index in [9.17, 15) is 5.26 Å². The minimum absolute atomic E-state index is 0.588. The Hall–Kier alpha value is -7.86. The van der Waals surface area contributed by atoms with Crippen LogP contribution in [-0.2, 0) is 0 Å². The third-order valence-electron chi connectivity index (χ3n) is 11.0. The van der Waals surface area contributed by atoms with E-state index >= 15 is 0 Å². The number of fused-ring (bicyclic) bond motifs is 9. The van der Waals surface area contributed by atoms with Crippen molar-refractivity contribution in [2.45, 2.75) is 0 Å². The van der Waals surface area contributed by atoms with E-state index in [2.05, 4.69) is 176 Å². The molecule has 0 unspecified atom stereocenters. The molecule has 0 aliphatic rings. The van der Waals surface area contributed by atoms with Crippen molar-refractivity contribution in [3.63, 3.8) is 0 Å². The maximum atomic E-state index is 9.91. The van der Waals surface area contributed by atoms with Crippen molar-refractivity contribution in [1.29, 1.82) is 5.26 Å². The first kappa shape index (κ1) is 30.7. The van der Waals surface area contributed by atoms with E-state index in [-0.39, 0.29) is 0 Å². The number of nitrogens with zero attached hydrogens (tertiary/aromatic N) is 5. The molecule has 0 saturated heterocycles. The Morgan fingerprint density at radius 1 is 0.418 bits per heavy atom. The molecule has 8 aromatic carbocycles. The van der Waals surface area contributed by atoms with Crippen LogP contribution in [0.15, 0.2) is 176 Å². The Kier molecular flexibility index (Phi) is 6.61. The molecule has 5 nitrogen and oxygen atoms in total. The number of nitriles is 1. The van der Waals surface area contributed by atoms with Gasteiger partial charge in [-0.15, -0.1) is 0 Å². The lowest BCUT2D eigenvalue weighted by Crippen LogP contribution is -2.00. The first-order chi connectivity index (χ1) is 27.2. The van der Waals surface area contributed by atoms with Crippen molar-refractivity contribution in [2.75, 3.05) is 0 Å². The van der Waals surface area contributed by atoms with Crippen molar-refractivity contribution in [1.82, 2.24) is 13.7 Å². The quantitative estimate of drug-likeness (QED) is 0.169. The summed E-state index contributed by atoms with van der Waals surface area (Å²) in [6.45, 7) is 8.03. The topological polar surface area (TPSA) is 42.9 Å². The van der Waals surface area contributed by atoms with Crippen LogP contribution in [0, 0.1) is 17.9 Å². The van der Waals surface area contributed by atoms with Crippen molar-refractivity contribution < 1.29 is 0 Å². The van der Waals surface area contributed by atoms with E-state index in [1.807, 2.05) is 24.3 Å². The fraction of sp³-hybridized carbons (Fsp3) is 0. The van der Waals surface area contributed by atoms with Crippen LogP contribution in [-0.4, -0.2) is 13.7 Å². The third-order valence-corrected chi connectivity index (χ3v) is 11.0. The van der Waals surface area contributed by atoms with Crippen LogP contribution in [0.3, 0.4) is 0 Å². The molecule has 0 aliphatic carbocycles. The van der Waals surface area contributed by atoms with Gasteiger partial charge < -0.3 is 13.7 Å². The maximum absolute atomic E-state index is 9.91. The predicted octanol–water partition coefficient (Wildman–Crippen LogP) is 13.1. The maximum Gasteiger partial charge on any atom is 0.189 e. The molecule has 0 spiro atoms. The SMILES string of the molecule is [C-]#[N+]c1cc(-c2ccc(-n3c4ccc(C#N)cc4c4cccc(-n5c6ccccc6c6ccccc65)c43)cc2)cc(-n2c3ccccc3c3ccccc32)c1. The largest absolute Gasteiger partial charge is 0.310 e. The molecule has 0 amide bonds. The molecule has 55 heavy (non-hydrogen) atoms. The molecule has 3 aromatic heterocycles. The molecule has 0 bridgehead atoms. The standard InChI is InChI=1S/C50H29N5/c1-52-35-28-34(29-37(30-35)53-44-16-6-2-11-38(44)39-12-3-7-17-45(39)53)33-22-24-36(25-23-33)54-48-26-21-32(31-51)27-43(48)42-15-10-20-49(50(42)54)55-46-18-8-4-13-40(46)41-14-5-9-19-47(41)55/h2-30H. The molecule has 11 rings (SSSR count). The van der Waals surface area contributed by atoms with Crippen LogP contribution >= 0.6 is 0 Å². The van der Waals surface area contributed by atoms with Gasteiger partial charge in [-0.05, 0) is 90.0 Å². The molecule has 3 heterocycles. The third kappa shape index (κ3) is 4.51. The fourth-order valence-corrected chi connectivity index (χ4v) is 8.71. The Bertz CT molecular complexity index is 3350. The van der Waals surface area contributed by atoms with Crippen molar-refractivity contribution in [2.24, 2.45) is 0 Å². The van der Waals surface area contributed by atoms with Crippen molar-refractivity contribution >= 4 is 71.1 Å². The van der Waals surface area contributed by atoms with Gasteiger partial charge in [0.25, 0.3) is 0 Å². The normalized spacial score (nSPS) is 11.6. The van der Waals surface area contributed by atoms with E-state index in [0.717, 1.165) is 72.1 Å². The van der Waals surface area contributed by atoms with Crippen LogP contribution in [0.5, 0.6) is 0 Å². The lowest BCUT2D eigenvalue weighted by Gasteiger charge is -2.15. The molecule has 0 N–H and O–H groups in total. The highest BCUT2D eigenvalue weighted by molar-refractivity contribution is 6.15. The average molecular weight is 700 g/mol. The number of hydrogen-bond donors (Lipinski definition) is 0. The van der Waals surface area contributed by atoms with Gasteiger partial charge in [-0.1, -0.05) is 97.1 Å². The molecule has 0 aliphatic heterocycles. The van der Waals surface area contributed by atoms with E-state index in [0.29, 0.717) is 11.3 Å². The number of para-hydroxylation sites is 5. The van der Waals surface area contributed by atoms with Gasteiger partial charge in [-0.25, -0.2) is 4.85 Å². The molecule has 0 atom stereocenters. The smallest absolute Gasteiger partial charge is 0.189 e. The summed E-state index contributed by atoms with van der Waals surface area (Å²) in [6, 6.07) is 63.6. The van der Waals surface area contributed by atoms with Crippen molar-refractivity contribution in [3.05, 3.63) is 193 Å². The second kappa shape index (κ2) is 11.8. The minimum Gasteiger partial charge on any atom is -0.310 e. The Morgan fingerprint density at radius 3 is 1.55 bits per heavy atom. The highest BCUT2D eigenvalue weighted by Crippen LogP contribution is 2.41. The van der Waals surface area contributed by atoms with Gasteiger partial charge in [0, 0.05) is 43.7 Å². The summed E-state index contributed by atoms with van der Waals surface area (Å²) in [7, 11) is 0. The highest BCUT2D eigenvalue weighted by Gasteiger charge is 2.20. The molecular formula is C50H29N5. The lowest BCUT2D eigenvalue weighted by atomic mass is 10.0. The molecule has 5 heteroatoms. The van der Waals surface area contributed by atoms with Gasteiger partial charge in [0.2, 0.25) is 0 Å². The van der Waals surface area contributed by atoms with Crippen molar-refractivity contribution in [3.8, 4) is 34.3 Å². The zero-order valence-electron chi connectivity index (χ0n) is 29.5. The Labute approximate surface area is 316 Å². The van der Waals surface area contributed by atoms with E-state index in [4.69, 9.17) is 6.57 Å².